The first-order valence-electron chi connectivity index (χ1n) is 6.38. The average molecular weight is 250 g/mol. The summed E-state index contributed by atoms with van der Waals surface area (Å²) < 4.78 is 10.5. The van der Waals surface area contributed by atoms with Gasteiger partial charge in [0.2, 0.25) is 0 Å². The van der Waals surface area contributed by atoms with Crippen molar-refractivity contribution < 1.29 is 9.47 Å². The molecule has 0 bridgehead atoms. The molecule has 4 nitrogen and oxygen atoms in total. The van der Waals surface area contributed by atoms with Crippen molar-refractivity contribution in [3.63, 3.8) is 0 Å². The lowest BCUT2D eigenvalue weighted by Gasteiger charge is -2.10. The van der Waals surface area contributed by atoms with Gasteiger partial charge < -0.3 is 14.8 Å². The van der Waals surface area contributed by atoms with E-state index in [1.807, 2.05) is 13.1 Å². The van der Waals surface area contributed by atoms with Crippen LogP contribution in [0.25, 0.3) is 0 Å². The monoisotopic (exact) mass is 250 g/mol. The minimum Gasteiger partial charge on any atom is -0.493 e. The molecule has 1 N–H and O–H groups in total. The molecule has 2 unspecified atom stereocenters. The van der Waals surface area contributed by atoms with Crippen LogP contribution in [0.15, 0.2) is 18.2 Å². The van der Waals surface area contributed by atoms with E-state index in [9.17, 15) is 0 Å². The van der Waals surface area contributed by atoms with E-state index in [4.69, 9.17) is 9.47 Å². The SMILES string of the molecule is CNCC1CN1CCc1ccc(OC)c(OC)c1. The van der Waals surface area contributed by atoms with Crippen molar-refractivity contribution in [3.05, 3.63) is 23.8 Å². The molecule has 0 spiro atoms. The van der Waals surface area contributed by atoms with Crippen molar-refractivity contribution in [3.8, 4) is 11.5 Å². The largest absolute Gasteiger partial charge is 0.493 e. The third-order valence-corrected chi connectivity index (χ3v) is 3.40. The number of rotatable bonds is 7. The Hall–Kier alpha value is -1.26. The number of hydrogen-bond donors (Lipinski definition) is 1. The van der Waals surface area contributed by atoms with E-state index in [0.717, 1.165) is 37.1 Å². The fourth-order valence-electron chi connectivity index (χ4n) is 2.24. The predicted octanol–water partition coefficient (Wildman–Crippen LogP) is 1.15. The minimum atomic E-state index is 0.732. The molecule has 0 amide bonds. The first-order valence-corrected chi connectivity index (χ1v) is 6.38. The molecule has 2 rings (SSSR count). The second kappa shape index (κ2) is 6.07. The van der Waals surface area contributed by atoms with Crippen molar-refractivity contribution in [2.24, 2.45) is 0 Å². The third kappa shape index (κ3) is 3.15. The van der Waals surface area contributed by atoms with E-state index in [0.29, 0.717) is 0 Å². The summed E-state index contributed by atoms with van der Waals surface area (Å²) in [7, 11) is 5.34. The van der Waals surface area contributed by atoms with Crippen molar-refractivity contribution in [2.75, 3.05) is 40.9 Å². The number of hydrogen-bond acceptors (Lipinski definition) is 4. The molecule has 4 heteroatoms. The van der Waals surface area contributed by atoms with Gasteiger partial charge in [0.15, 0.2) is 11.5 Å². The Kier molecular flexibility index (Phi) is 4.44. The highest BCUT2D eigenvalue weighted by molar-refractivity contribution is 5.42. The molecular formula is C14H22N2O2. The maximum atomic E-state index is 5.31. The van der Waals surface area contributed by atoms with Gasteiger partial charge in [-0.25, -0.2) is 0 Å². The van der Waals surface area contributed by atoms with Crippen molar-refractivity contribution >= 4 is 0 Å². The standard InChI is InChI=1S/C14H22N2O2/c1-15-9-12-10-16(12)7-6-11-4-5-13(17-2)14(8-11)18-3/h4-5,8,12,15H,6-7,9-10H2,1-3H3. The molecule has 1 fully saturated rings. The van der Waals surface area contributed by atoms with Crippen molar-refractivity contribution in [1.82, 2.24) is 10.2 Å². The van der Waals surface area contributed by atoms with Crippen LogP contribution in [-0.2, 0) is 6.42 Å². The quantitative estimate of drug-likeness (QED) is 0.736. The Balaban J connectivity index is 1.86. The molecule has 0 radical (unpaired) electrons. The minimum absolute atomic E-state index is 0.732. The molecule has 0 saturated carbocycles. The summed E-state index contributed by atoms with van der Waals surface area (Å²) in [4.78, 5) is 2.48. The molecule has 0 aromatic heterocycles. The summed E-state index contributed by atoms with van der Waals surface area (Å²) in [5.74, 6) is 1.61. The lowest BCUT2D eigenvalue weighted by atomic mass is 10.1. The van der Waals surface area contributed by atoms with E-state index in [1.54, 1.807) is 14.2 Å². The Labute approximate surface area is 109 Å². The zero-order valence-corrected chi connectivity index (χ0v) is 11.4. The van der Waals surface area contributed by atoms with E-state index >= 15 is 0 Å². The highest BCUT2D eigenvalue weighted by Gasteiger charge is 2.31. The van der Waals surface area contributed by atoms with Gasteiger partial charge in [-0.05, 0) is 31.2 Å². The summed E-state index contributed by atoms with van der Waals surface area (Å²) in [6.45, 7) is 3.42. The first kappa shape index (κ1) is 13.2. The number of methoxy groups -OCH3 is 2. The highest BCUT2D eigenvalue weighted by atomic mass is 16.5. The Morgan fingerprint density at radius 1 is 1.28 bits per heavy atom. The number of benzene rings is 1. The molecule has 1 saturated heterocycles. The lowest BCUT2D eigenvalue weighted by Crippen LogP contribution is -2.18. The normalized spacial score (nSPS) is 21.7. The van der Waals surface area contributed by atoms with Gasteiger partial charge in [-0.2, -0.15) is 0 Å². The van der Waals surface area contributed by atoms with Gasteiger partial charge in [0.05, 0.1) is 14.2 Å². The predicted molar refractivity (Wildman–Crippen MR) is 72.5 cm³/mol. The van der Waals surface area contributed by atoms with Gasteiger partial charge in [0, 0.05) is 25.7 Å². The number of nitrogens with one attached hydrogen (secondary N) is 1. The molecule has 0 aliphatic carbocycles. The van der Waals surface area contributed by atoms with Crippen LogP contribution in [0.5, 0.6) is 11.5 Å². The Bertz CT molecular complexity index is 395. The zero-order valence-electron chi connectivity index (χ0n) is 11.4. The summed E-state index contributed by atoms with van der Waals surface area (Å²) in [6, 6.07) is 6.88. The second-order valence-corrected chi connectivity index (χ2v) is 4.65. The summed E-state index contributed by atoms with van der Waals surface area (Å²) in [5.41, 5.74) is 1.29. The highest BCUT2D eigenvalue weighted by Crippen LogP contribution is 2.28. The number of nitrogens with zero attached hydrogens (tertiary/aromatic N) is 1. The van der Waals surface area contributed by atoms with Crippen LogP contribution >= 0.6 is 0 Å². The summed E-state index contributed by atoms with van der Waals surface area (Å²) in [5, 5.41) is 3.21. The second-order valence-electron chi connectivity index (χ2n) is 4.65. The fourth-order valence-corrected chi connectivity index (χ4v) is 2.24. The average Bonchev–Trinajstić information content (AvgIpc) is 3.15. The van der Waals surface area contributed by atoms with Crippen LogP contribution < -0.4 is 14.8 Å². The third-order valence-electron chi connectivity index (χ3n) is 3.40. The van der Waals surface area contributed by atoms with E-state index in [2.05, 4.69) is 22.3 Å². The van der Waals surface area contributed by atoms with Crippen LogP contribution in [0.2, 0.25) is 0 Å². The molecule has 2 atom stereocenters. The maximum absolute atomic E-state index is 5.31. The fraction of sp³-hybridized carbons (Fsp3) is 0.571. The topological polar surface area (TPSA) is 33.5 Å². The van der Waals surface area contributed by atoms with Gasteiger partial charge in [0.1, 0.15) is 0 Å². The van der Waals surface area contributed by atoms with Gasteiger partial charge in [-0.1, -0.05) is 6.07 Å². The Morgan fingerprint density at radius 2 is 2.06 bits per heavy atom. The van der Waals surface area contributed by atoms with Crippen LogP contribution in [0.4, 0.5) is 0 Å². The molecule has 1 heterocycles. The lowest BCUT2D eigenvalue weighted by molar-refractivity contribution is 0.354. The van der Waals surface area contributed by atoms with Gasteiger partial charge >= 0.3 is 0 Å². The Morgan fingerprint density at radius 3 is 2.72 bits per heavy atom. The van der Waals surface area contributed by atoms with E-state index < -0.39 is 0 Å². The molecule has 1 aromatic carbocycles. The summed E-state index contributed by atoms with van der Waals surface area (Å²) >= 11 is 0. The van der Waals surface area contributed by atoms with Crippen LogP contribution in [0, 0.1) is 0 Å². The van der Waals surface area contributed by atoms with Gasteiger partial charge in [0.25, 0.3) is 0 Å². The number of likely N-dealkylation sites (N-methyl/N-ethyl adjacent to an activating group) is 1. The summed E-state index contributed by atoms with van der Waals surface area (Å²) in [6.07, 6.45) is 1.06. The molecule has 18 heavy (non-hydrogen) atoms. The maximum Gasteiger partial charge on any atom is 0.160 e. The number of ether oxygens (including phenoxy) is 2. The van der Waals surface area contributed by atoms with Gasteiger partial charge in [-0.15, -0.1) is 0 Å². The molecule has 1 aliphatic rings. The van der Waals surface area contributed by atoms with E-state index in [1.165, 1.54) is 12.1 Å². The van der Waals surface area contributed by atoms with Crippen LogP contribution in [0.3, 0.4) is 0 Å². The van der Waals surface area contributed by atoms with Gasteiger partial charge in [-0.3, -0.25) is 4.90 Å². The molecule has 1 aromatic rings. The molecular weight excluding hydrogens is 228 g/mol. The smallest absolute Gasteiger partial charge is 0.160 e. The molecule has 100 valence electrons. The van der Waals surface area contributed by atoms with Crippen LogP contribution in [0.1, 0.15) is 5.56 Å². The van der Waals surface area contributed by atoms with E-state index in [-0.39, 0.29) is 0 Å². The van der Waals surface area contributed by atoms with Crippen molar-refractivity contribution in [2.45, 2.75) is 12.5 Å². The van der Waals surface area contributed by atoms with Crippen LogP contribution in [-0.4, -0.2) is 51.8 Å². The molecule has 1 aliphatic heterocycles. The zero-order chi connectivity index (χ0) is 13.0. The first-order chi connectivity index (χ1) is 8.78. The van der Waals surface area contributed by atoms with Crippen molar-refractivity contribution in [1.29, 1.82) is 0 Å².